The zero-order valence-electron chi connectivity index (χ0n) is 23.2. The minimum absolute atomic E-state index is 0.00145. The third-order valence-corrected chi connectivity index (χ3v) is 7.37. The SMILES string of the molecule is O=C(OCc1ccc(Oc2ccc([N+](=O)[O-])cc2)cc1)c1ccc(N2C(=O)c3ccc(Oc4ccc(Br)cc4)cc3C2=O)cc1. The van der Waals surface area contributed by atoms with Gasteiger partial charge in [-0.15, -0.1) is 0 Å². The van der Waals surface area contributed by atoms with Crippen LogP contribution in [0.2, 0.25) is 0 Å². The highest BCUT2D eigenvalue weighted by Gasteiger charge is 2.37. The van der Waals surface area contributed by atoms with Crippen molar-refractivity contribution in [3.8, 4) is 23.0 Å². The highest BCUT2D eigenvalue weighted by atomic mass is 79.9. The van der Waals surface area contributed by atoms with Gasteiger partial charge in [-0.05, 0) is 96.6 Å². The summed E-state index contributed by atoms with van der Waals surface area (Å²) in [4.78, 5) is 50.4. The first kappa shape index (κ1) is 29.3. The van der Waals surface area contributed by atoms with Crippen LogP contribution in [0.15, 0.2) is 120 Å². The van der Waals surface area contributed by atoms with Crippen molar-refractivity contribution >= 4 is 45.1 Å². The lowest BCUT2D eigenvalue weighted by Crippen LogP contribution is -2.29. The van der Waals surface area contributed by atoms with E-state index in [1.807, 2.05) is 12.1 Å². The van der Waals surface area contributed by atoms with Crippen molar-refractivity contribution in [1.29, 1.82) is 0 Å². The Hall–Kier alpha value is -5.81. The van der Waals surface area contributed by atoms with Gasteiger partial charge in [0.15, 0.2) is 0 Å². The number of benzene rings is 5. The zero-order chi connectivity index (χ0) is 31.5. The van der Waals surface area contributed by atoms with Crippen molar-refractivity contribution in [2.75, 3.05) is 4.90 Å². The number of halogens is 1. The van der Waals surface area contributed by atoms with Crippen molar-refractivity contribution in [1.82, 2.24) is 0 Å². The molecule has 0 atom stereocenters. The van der Waals surface area contributed by atoms with Gasteiger partial charge >= 0.3 is 5.97 Å². The Morgan fingerprint density at radius 2 is 1.22 bits per heavy atom. The predicted octanol–water partition coefficient (Wildman–Crippen LogP) is 8.10. The van der Waals surface area contributed by atoms with Crippen LogP contribution >= 0.6 is 15.9 Å². The van der Waals surface area contributed by atoms with Crippen LogP contribution in [0.3, 0.4) is 0 Å². The molecule has 2 amide bonds. The van der Waals surface area contributed by atoms with Crippen LogP contribution in [0.1, 0.15) is 36.6 Å². The van der Waals surface area contributed by atoms with Crippen molar-refractivity contribution < 1.29 is 33.5 Å². The standard InChI is InChI=1S/C34H21BrN2O8/c35-23-5-13-27(14-6-23)45-29-17-18-30-31(19-29)33(39)36(32(30)38)24-7-3-22(4-8-24)34(40)43-20-21-1-11-26(12-2-21)44-28-15-9-25(10-16-28)37(41)42/h1-19H,20H2. The third-order valence-electron chi connectivity index (χ3n) is 6.85. The molecule has 1 aliphatic rings. The fraction of sp³-hybridized carbons (Fsp3) is 0.0294. The molecule has 0 bridgehead atoms. The Morgan fingerprint density at radius 1 is 0.689 bits per heavy atom. The maximum atomic E-state index is 13.2. The van der Waals surface area contributed by atoms with Crippen LogP contribution in [-0.4, -0.2) is 22.7 Å². The molecule has 0 radical (unpaired) electrons. The number of hydrogen-bond acceptors (Lipinski definition) is 8. The minimum Gasteiger partial charge on any atom is -0.457 e. The number of carbonyl (C=O) groups is 3. The number of nitro benzene ring substituents is 1. The van der Waals surface area contributed by atoms with E-state index in [1.165, 1.54) is 54.6 Å². The van der Waals surface area contributed by atoms with Gasteiger partial charge in [-0.2, -0.15) is 0 Å². The summed E-state index contributed by atoms with van der Waals surface area (Å²) in [5, 5.41) is 10.8. The first-order chi connectivity index (χ1) is 21.7. The normalized spacial score (nSPS) is 12.1. The Kier molecular flexibility index (Phi) is 8.08. The highest BCUT2D eigenvalue weighted by Crippen LogP contribution is 2.33. The number of amides is 2. The van der Waals surface area contributed by atoms with Gasteiger partial charge in [-0.1, -0.05) is 28.1 Å². The summed E-state index contributed by atoms with van der Waals surface area (Å²) in [6, 6.07) is 30.5. The summed E-state index contributed by atoms with van der Waals surface area (Å²) < 4.78 is 17.9. The highest BCUT2D eigenvalue weighted by molar-refractivity contribution is 9.10. The number of carbonyl (C=O) groups excluding carboxylic acids is 3. The van der Waals surface area contributed by atoms with Crippen LogP contribution in [0.5, 0.6) is 23.0 Å². The Bertz CT molecular complexity index is 1920. The summed E-state index contributed by atoms with van der Waals surface area (Å²) in [6.45, 7) is 0.00145. The fourth-order valence-corrected chi connectivity index (χ4v) is 4.83. The maximum Gasteiger partial charge on any atom is 0.338 e. The van der Waals surface area contributed by atoms with Gasteiger partial charge in [-0.25, -0.2) is 9.69 Å². The number of hydrogen-bond donors (Lipinski definition) is 0. The second kappa shape index (κ2) is 12.4. The Labute approximate surface area is 264 Å². The fourth-order valence-electron chi connectivity index (χ4n) is 4.56. The van der Waals surface area contributed by atoms with Gasteiger partial charge in [0.2, 0.25) is 0 Å². The van der Waals surface area contributed by atoms with Gasteiger partial charge in [0.25, 0.3) is 17.5 Å². The number of imide groups is 1. The Balaban J connectivity index is 1.05. The molecular weight excluding hydrogens is 644 g/mol. The van der Waals surface area contributed by atoms with E-state index in [9.17, 15) is 24.5 Å². The van der Waals surface area contributed by atoms with E-state index in [-0.39, 0.29) is 29.0 Å². The van der Waals surface area contributed by atoms with E-state index in [2.05, 4.69) is 15.9 Å². The lowest BCUT2D eigenvalue weighted by Gasteiger charge is -2.14. The van der Waals surface area contributed by atoms with E-state index in [0.717, 1.165) is 9.37 Å². The topological polar surface area (TPSA) is 125 Å². The zero-order valence-corrected chi connectivity index (χ0v) is 24.8. The first-order valence-corrected chi connectivity index (χ1v) is 14.3. The monoisotopic (exact) mass is 664 g/mol. The summed E-state index contributed by atoms with van der Waals surface area (Å²) >= 11 is 3.37. The van der Waals surface area contributed by atoms with Crippen LogP contribution in [0.4, 0.5) is 11.4 Å². The quantitative estimate of drug-likeness (QED) is 0.0670. The van der Waals surface area contributed by atoms with Crippen LogP contribution in [0.25, 0.3) is 0 Å². The van der Waals surface area contributed by atoms with Crippen LogP contribution in [-0.2, 0) is 11.3 Å². The molecule has 0 fully saturated rings. The van der Waals surface area contributed by atoms with E-state index in [4.69, 9.17) is 14.2 Å². The molecule has 45 heavy (non-hydrogen) atoms. The molecule has 5 aromatic carbocycles. The molecule has 1 aliphatic heterocycles. The number of anilines is 1. The third kappa shape index (κ3) is 6.43. The van der Waals surface area contributed by atoms with Gasteiger partial charge in [0, 0.05) is 16.6 Å². The molecule has 0 spiro atoms. The van der Waals surface area contributed by atoms with Gasteiger partial charge in [0.1, 0.15) is 29.6 Å². The lowest BCUT2D eigenvalue weighted by atomic mass is 10.1. The molecule has 11 heteroatoms. The second-order valence-corrected chi connectivity index (χ2v) is 10.7. The van der Waals surface area contributed by atoms with Gasteiger partial charge in [-0.3, -0.25) is 19.7 Å². The summed E-state index contributed by atoms with van der Waals surface area (Å²) in [7, 11) is 0. The van der Waals surface area contributed by atoms with Crippen molar-refractivity contribution in [2.24, 2.45) is 0 Å². The molecule has 0 saturated heterocycles. The summed E-state index contributed by atoms with van der Waals surface area (Å²) in [5.74, 6) is 0.415. The molecule has 0 saturated carbocycles. The summed E-state index contributed by atoms with van der Waals surface area (Å²) in [5.41, 5.74) is 1.73. The summed E-state index contributed by atoms with van der Waals surface area (Å²) in [6.07, 6.45) is 0. The lowest BCUT2D eigenvalue weighted by molar-refractivity contribution is -0.384. The van der Waals surface area contributed by atoms with Crippen LogP contribution in [0, 0.1) is 10.1 Å². The molecular formula is C34H21BrN2O8. The Morgan fingerprint density at radius 3 is 1.84 bits per heavy atom. The predicted molar refractivity (Wildman–Crippen MR) is 167 cm³/mol. The van der Waals surface area contributed by atoms with E-state index in [1.54, 1.807) is 48.5 Å². The largest absolute Gasteiger partial charge is 0.457 e. The number of ether oxygens (including phenoxy) is 3. The van der Waals surface area contributed by atoms with E-state index < -0.39 is 22.7 Å². The molecule has 10 nitrogen and oxygen atoms in total. The maximum absolute atomic E-state index is 13.2. The molecule has 0 aliphatic carbocycles. The average molecular weight is 665 g/mol. The molecule has 5 aromatic rings. The van der Waals surface area contributed by atoms with E-state index >= 15 is 0 Å². The number of nitrogens with zero attached hydrogens (tertiary/aromatic N) is 2. The number of rotatable bonds is 9. The molecule has 0 N–H and O–H groups in total. The average Bonchev–Trinajstić information content (AvgIpc) is 3.30. The van der Waals surface area contributed by atoms with Crippen molar-refractivity contribution in [2.45, 2.75) is 6.61 Å². The second-order valence-electron chi connectivity index (χ2n) is 9.83. The van der Waals surface area contributed by atoms with Crippen LogP contribution < -0.4 is 14.4 Å². The number of fused-ring (bicyclic) bond motifs is 1. The van der Waals surface area contributed by atoms with Gasteiger partial charge in [0.05, 0.1) is 27.3 Å². The number of esters is 1. The minimum atomic E-state index is -0.579. The molecule has 222 valence electrons. The van der Waals surface area contributed by atoms with Gasteiger partial charge < -0.3 is 14.2 Å². The van der Waals surface area contributed by atoms with Crippen molar-refractivity contribution in [3.05, 3.63) is 152 Å². The molecule has 0 aromatic heterocycles. The van der Waals surface area contributed by atoms with E-state index in [0.29, 0.717) is 34.2 Å². The molecule has 1 heterocycles. The number of non-ortho nitro benzene ring substituents is 1. The van der Waals surface area contributed by atoms with Crippen molar-refractivity contribution in [3.63, 3.8) is 0 Å². The smallest absolute Gasteiger partial charge is 0.338 e. The first-order valence-electron chi connectivity index (χ1n) is 13.5. The number of nitro groups is 1. The molecule has 0 unspecified atom stereocenters. The molecule has 6 rings (SSSR count).